The predicted octanol–water partition coefficient (Wildman–Crippen LogP) is 2.22. The van der Waals surface area contributed by atoms with E-state index in [4.69, 9.17) is 0 Å². The summed E-state index contributed by atoms with van der Waals surface area (Å²) in [4.78, 5) is 27.8. The lowest BCUT2D eigenvalue weighted by Crippen LogP contribution is -2.76. The monoisotopic (exact) mass is 278 g/mol. The molecule has 0 aromatic carbocycles. The fraction of sp³-hybridized carbons (Fsp3) is 0.875. The third kappa shape index (κ3) is 1.80. The molecular weight excluding hydrogens is 252 g/mol. The molecule has 1 N–H and O–H groups in total. The summed E-state index contributed by atoms with van der Waals surface area (Å²) in [5.41, 5.74) is -1.32. The van der Waals surface area contributed by atoms with Crippen LogP contribution in [0.4, 0.5) is 0 Å². The number of hydrogen-bond donors (Lipinski definition) is 1. The molecule has 2 aliphatic carbocycles. The highest BCUT2D eigenvalue weighted by Crippen LogP contribution is 2.45. The van der Waals surface area contributed by atoms with Crippen LogP contribution >= 0.6 is 0 Å². The Bertz CT molecular complexity index is 440. The van der Waals surface area contributed by atoms with Gasteiger partial charge < -0.3 is 10.2 Å². The maximum absolute atomic E-state index is 13.1. The quantitative estimate of drug-likeness (QED) is 0.860. The first-order chi connectivity index (χ1) is 9.43. The maximum Gasteiger partial charge on any atom is 0.249 e. The summed E-state index contributed by atoms with van der Waals surface area (Å²) >= 11 is 0. The van der Waals surface area contributed by atoms with Crippen LogP contribution in [0.3, 0.4) is 0 Å². The Morgan fingerprint density at radius 2 is 1.75 bits per heavy atom. The number of nitrogens with zero attached hydrogens (tertiary/aromatic N) is 1. The first-order valence-electron chi connectivity index (χ1n) is 8.10. The zero-order valence-corrected chi connectivity index (χ0v) is 12.9. The fourth-order valence-corrected chi connectivity index (χ4v) is 4.01. The molecular formula is C16H26N2O2. The first kappa shape index (κ1) is 13.9. The molecule has 0 aromatic heterocycles. The number of carbonyl (C=O) groups is 2. The van der Waals surface area contributed by atoms with Crippen molar-refractivity contribution in [3.8, 4) is 0 Å². The van der Waals surface area contributed by atoms with E-state index in [2.05, 4.69) is 5.32 Å². The minimum absolute atomic E-state index is 0.0425. The highest BCUT2D eigenvalue weighted by atomic mass is 16.2. The van der Waals surface area contributed by atoms with Gasteiger partial charge in [-0.2, -0.15) is 0 Å². The molecule has 1 heterocycles. The Kier molecular flexibility index (Phi) is 3.11. The van der Waals surface area contributed by atoms with Gasteiger partial charge in [-0.15, -0.1) is 0 Å². The second kappa shape index (κ2) is 4.47. The van der Waals surface area contributed by atoms with Crippen LogP contribution in [0.25, 0.3) is 0 Å². The zero-order chi connectivity index (χ0) is 14.5. The standard InChI is InChI=1S/C16H26N2O2/c1-4-15(2)13(19)17-16(3,11-9-10-11)14(20)18(15)12-7-5-6-8-12/h11-12H,4-10H2,1-3H3,(H,17,19). The van der Waals surface area contributed by atoms with Gasteiger partial charge in [0.25, 0.3) is 0 Å². The molecule has 0 spiro atoms. The number of piperazine rings is 1. The van der Waals surface area contributed by atoms with Crippen molar-refractivity contribution in [2.75, 3.05) is 0 Å². The van der Waals surface area contributed by atoms with Gasteiger partial charge in [-0.3, -0.25) is 9.59 Å². The van der Waals surface area contributed by atoms with Gasteiger partial charge in [-0.1, -0.05) is 19.8 Å². The third-order valence-corrected chi connectivity index (χ3v) is 5.83. The first-order valence-corrected chi connectivity index (χ1v) is 8.10. The van der Waals surface area contributed by atoms with Gasteiger partial charge in [0.2, 0.25) is 11.8 Å². The third-order valence-electron chi connectivity index (χ3n) is 5.83. The normalized spacial score (nSPS) is 39.2. The van der Waals surface area contributed by atoms with Crippen LogP contribution in [-0.4, -0.2) is 33.8 Å². The van der Waals surface area contributed by atoms with E-state index in [0.717, 1.165) is 25.7 Å². The highest BCUT2D eigenvalue weighted by Gasteiger charge is 2.60. The van der Waals surface area contributed by atoms with Gasteiger partial charge in [-0.25, -0.2) is 0 Å². The van der Waals surface area contributed by atoms with Crippen LogP contribution in [-0.2, 0) is 9.59 Å². The summed E-state index contributed by atoms with van der Waals surface area (Å²) < 4.78 is 0. The topological polar surface area (TPSA) is 49.4 Å². The zero-order valence-electron chi connectivity index (χ0n) is 12.9. The Labute approximate surface area is 121 Å². The molecule has 20 heavy (non-hydrogen) atoms. The van der Waals surface area contributed by atoms with Crippen LogP contribution < -0.4 is 5.32 Å². The lowest BCUT2D eigenvalue weighted by Gasteiger charge is -2.52. The van der Waals surface area contributed by atoms with E-state index < -0.39 is 11.1 Å². The van der Waals surface area contributed by atoms with Gasteiger partial charge in [0.05, 0.1) is 0 Å². The Morgan fingerprint density at radius 1 is 1.15 bits per heavy atom. The largest absolute Gasteiger partial charge is 0.340 e. The minimum Gasteiger partial charge on any atom is -0.340 e. The summed E-state index contributed by atoms with van der Waals surface area (Å²) in [5.74, 6) is 0.543. The van der Waals surface area contributed by atoms with Crippen molar-refractivity contribution in [3.63, 3.8) is 0 Å². The molecule has 3 fully saturated rings. The van der Waals surface area contributed by atoms with E-state index in [0.29, 0.717) is 12.3 Å². The molecule has 2 saturated carbocycles. The van der Waals surface area contributed by atoms with Crippen LogP contribution in [0.2, 0.25) is 0 Å². The van der Waals surface area contributed by atoms with Crippen molar-refractivity contribution >= 4 is 11.8 Å². The van der Waals surface area contributed by atoms with Crippen molar-refractivity contribution < 1.29 is 9.59 Å². The number of hydrogen-bond acceptors (Lipinski definition) is 2. The molecule has 0 bridgehead atoms. The number of amides is 2. The van der Waals surface area contributed by atoms with Crippen molar-refractivity contribution in [3.05, 3.63) is 0 Å². The molecule has 4 heteroatoms. The summed E-state index contributed by atoms with van der Waals surface area (Å²) in [6.07, 6.45) is 7.26. The number of carbonyl (C=O) groups excluding carboxylic acids is 2. The van der Waals surface area contributed by atoms with Crippen LogP contribution in [0.1, 0.15) is 65.7 Å². The van der Waals surface area contributed by atoms with Crippen LogP contribution in [0.15, 0.2) is 0 Å². The SMILES string of the molecule is CCC1(C)C(=O)NC(C)(C2CC2)C(=O)N1C1CCCC1. The summed E-state index contributed by atoms with van der Waals surface area (Å²) in [6, 6.07) is 0.261. The second-order valence-electron chi connectivity index (χ2n) is 7.17. The van der Waals surface area contributed by atoms with Crippen LogP contribution in [0.5, 0.6) is 0 Å². The smallest absolute Gasteiger partial charge is 0.249 e. The molecule has 3 rings (SSSR count). The van der Waals surface area contributed by atoms with E-state index in [9.17, 15) is 9.59 Å². The fourth-order valence-electron chi connectivity index (χ4n) is 4.01. The maximum atomic E-state index is 13.1. The van der Waals surface area contributed by atoms with E-state index >= 15 is 0 Å². The molecule has 2 amide bonds. The Hall–Kier alpha value is -1.06. The molecule has 0 radical (unpaired) electrons. The average molecular weight is 278 g/mol. The van der Waals surface area contributed by atoms with Gasteiger partial charge >= 0.3 is 0 Å². The van der Waals surface area contributed by atoms with E-state index in [1.165, 1.54) is 12.8 Å². The molecule has 2 atom stereocenters. The molecule has 0 aromatic rings. The Balaban J connectivity index is 1.98. The number of nitrogens with one attached hydrogen (secondary N) is 1. The highest BCUT2D eigenvalue weighted by molar-refractivity contribution is 6.02. The van der Waals surface area contributed by atoms with E-state index in [1.807, 2.05) is 25.7 Å². The lowest BCUT2D eigenvalue weighted by atomic mass is 9.81. The average Bonchev–Trinajstić information content (AvgIpc) is 3.16. The minimum atomic E-state index is -0.666. The van der Waals surface area contributed by atoms with Gasteiger partial charge in [-0.05, 0) is 51.9 Å². The summed E-state index contributed by atoms with van der Waals surface area (Å²) in [6.45, 7) is 5.88. The molecule has 1 saturated heterocycles. The molecule has 1 aliphatic heterocycles. The molecule has 112 valence electrons. The van der Waals surface area contributed by atoms with E-state index in [-0.39, 0.29) is 17.9 Å². The predicted molar refractivity (Wildman–Crippen MR) is 77.1 cm³/mol. The van der Waals surface area contributed by atoms with Crippen molar-refractivity contribution in [2.45, 2.75) is 82.8 Å². The lowest BCUT2D eigenvalue weighted by molar-refractivity contribution is -0.166. The molecule has 3 aliphatic rings. The van der Waals surface area contributed by atoms with Crippen molar-refractivity contribution in [2.24, 2.45) is 5.92 Å². The van der Waals surface area contributed by atoms with Crippen LogP contribution in [0, 0.1) is 5.92 Å². The van der Waals surface area contributed by atoms with E-state index in [1.54, 1.807) is 0 Å². The van der Waals surface area contributed by atoms with Crippen molar-refractivity contribution in [1.82, 2.24) is 10.2 Å². The van der Waals surface area contributed by atoms with Crippen molar-refractivity contribution in [1.29, 1.82) is 0 Å². The number of rotatable bonds is 3. The molecule has 2 unspecified atom stereocenters. The summed E-state index contributed by atoms with van der Waals surface area (Å²) in [5, 5.41) is 3.07. The summed E-state index contributed by atoms with van der Waals surface area (Å²) in [7, 11) is 0. The van der Waals surface area contributed by atoms with Gasteiger partial charge in [0.15, 0.2) is 0 Å². The molecule has 4 nitrogen and oxygen atoms in total. The van der Waals surface area contributed by atoms with Gasteiger partial charge in [0.1, 0.15) is 11.1 Å². The van der Waals surface area contributed by atoms with Gasteiger partial charge in [0, 0.05) is 6.04 Å². The second-order valence-corrected chi connectivity index (χ2v) is 7.17. The Morgan fingerprint density at radius 3 is 2.25 bits per heavy atom.